The van der Waals surface area contributed by atoms with Crippen LogP contribution in [0.25, 0.3) is 0 Å². The van der Waals surface area contributed by atoms with Gasteiger partial charge in [-0.1, -0.05) is 0 Å². The maximum atomic E-state index is 3.75. The van der Waals surface area contributed by atoms with Crippen LogP contribution in [0.1, 0.15) is 31.1 Å². The Morgan fingerprint density at radius 1 is 1.39 bits per heavy atom. The normalized spacial score (nSPS) is 30.3. The molecule has 1 aromatic heterocycles. The summed E-state index contributed by atoms with van der Waals surface area (Å²) < 4.78 is 1.25. The monoisotopic (exact) mass is 328 g/mol. The minimum absolute atomic E-state index is 0.696. The molecule has 0 spiro atoms. The van der Waals surface area contributed by atoms with Crippen LogP contribution in [0.4, 0.5) is 0 Å². The minimum atomic E-state index is 0.696. The quantitative estimate of drug-likeness (QED) is 0.913. The van der Waals surface area contributed by atoms with Gasteiger partial charge in [0, 0.05) is 30.1 Å². The third-order valence-electron chi connectivity index (χ3n) is 4.20. The van der Waals surface area contributed by atoms with E-state index in [4.69, 9.17) is 0 Å². The van der Waals surface area contributed by atoms with E-state index in [1.807, 2.05) is 11.3 Å². The number of halogens is 1. The zero-order chi connectivity index (χ0) is 12.5. The summed E-state index contributed by atoms with van der Waals surface area (Å²) in [4.78, 5) is 4.14. The maximum Gasteiger partial charge on any atom is 0.0701 e. The molecule has 0 aromatic carbocycles. The van der Waals surface area contributed by atoms with Crippen molar-refractivity contribution >= 4 is 27.3 Å². The van der Waals surface area contributed by atoms with Crippen molar-refractivity contribution in [3.8, 4) is 0 Å². The van der Waals surface area contributed by atoms with Crippen molar-refractivity contribution in [1.29, 1.82) is 0 Å². The zero-order valence-electron chi connectivity index (χ0n) is 10.9. The highest BCUT2D eigenvalue weighted by atomic mass is 79.9. The van der Waals surface area contributed by atoms with E-state index in [0.29, 0.717) is 6.04 Å². The van der Waals surface area contributed by atoms with E-state index in [2.05, 4.69) is 45.2 Å². The van der Waals surface area contributed by atoms with Gasteiger partial charge in [-0.2, -0.15) is 0 Å². The minimum Gasteiger partial charge on any atom is -0.312 e. The molecule has 100 valence electrons. The lowest BCUT2D eigenvalue weighted by molar-refractivity contribution is 0.192. The molecule has 1 N–H and O–H groups in total. The molecule has 1 aliphatic carbocycles. The summed E-state index contributed by atoms with van der Waals surface area (Å²) in [7, 11) is 0. The summed E-state index contributed by atoms with van der Waals surface area (Å²) in [6.07, 6.45) is 4.14. The van der Waals surface area contributed by atoms with Gasteiger partial charge in [0.2, 0.25) is 0 Å². The molecule has 0 amide bonds. The first-order valence-corrected chi connectivity index (χ1v) is 8.55. The molecule has 1 aromatic rings. The van der Waals surface area contributed by atoms with E-state index < -0.39 is 0 Å². The number of thiophene rings is 1. The molecule has 2 fully saturated rings. The van der Waals surface area contributed by atoms with E-state index in [0.717, 1.165) is 18.5 Å². The summed E-state index contributed by atoms with van der Waals surface area (Å²) in [5.74, 6) is 0.952. The highest BCUT2D eigenvalue weighted by Gasteiger charge is 2.34. The number of nitrogens with zero attached hydrogens (tertiary/aromatic N) is 1. The van der Waals surface area contributed by atoms with Gasteiger partial charge in [-0.15, -0.1) is 11.3 Å². The molecule has 0 radical (unpaired) electrons. The topological polar surface area (TPSA) is 15.3 Å². The summed E-state index contributed by atoms with van der Waals surface area (Å²) in [5, 5.41) is 3.75. The molecule has 1 aliphatic heterocycles. The van der Waals surface area contributed by atoms with Crippen molar-refractivity contribution in [3.05, 3.63) is 20.8 Å². The van der Waals surface area contributed by atoms with Gasteiger partial charge in [0.15, 0.2) is 0 Å². The van der Waals surface area contributed by atoms with Gasteiger partial charge in [0.1, 0.15) is 0 Å². The van der Waals surface area contributed by atoms with Crippen molar-refractivity contribution in [1.82, 2.24) is 10.2 Å². The Balaban J connectivity index is 1.66. The maximum absolute atomic E-state index is 3.75. The molecule has 1 saturated heterocycles. The SMILES string of the molecule is CC1CCNC(C2CC2)CN1Cc1ccc(Br)s1. The fraction of sp³-hybridized carbons (Fsp3) is 0.714. The lowest BCUT2D eigenvalue weighted by atomic mass is 10.1. The molecule has 18 heavy (non-hydrogen) atoms. The van der Waals surface area contributed by atoms with Crippen LogP contribution < -0.4 is 5.32 Å². The summed E-state index contributed by atoms with van der Waals surface area (Å²) >= 11 is 5.43. The number of hydrogen-bond acceptors (Lipinski definition) is 3. The van der Waals surface area contributed by atoms with E-state index >= 15 is 0 Å². The molecule has 3 rings (SSSR count). The first kappa shape index (κ1) is 13.1. The van der Waals surface area contributed by atoms with Crippen LogP contribution in [0, 0.1) is 5.92 Å². The fourth-order valence-electron chi connectivity index (χ4n) is 2.83. The van der Waals surface area contributed by atoms with Gasteiger partial charge in [-0.3, -0.25) is 4.90 Å². The van der Waals surface area contributed by atoms with E-state index in [1.54, 1.807) is 0 Å². The second kappa shape index (κ2) is 5.61. The molecule has 2 unspecified atom stereocenters. The molecule has 2 atom stereocenters. The molecule has 1 saturated carbocycles. The van der Waals surface area contributed by atoms with Crippen LogP contribution in [0.2, 0.25) is 0 Å². The lowest BCUT2D eigenvalue weighted by Crippen LogP contribution is -2.40. The summed E-state index contributed by atoms with van der Waals surface area (Å²) in [5.41, 5.74) is 0. The van der Waals surface area contributed by atoms with Crippen LogP contribution in [0.5, 0.6) is 0 Å². The van der Waals surface area contributed by atoms with Gasteiger partial charge < -0.3 is 5.32 Å². The van der Waals surface area contributed by atoms with E-state index in [-0.39, 0.29) is 0 Å². The smallest absolute Gasteiger partial charge is 0.0701 e. The fourth-order valence-corrected chi connectivity index (χ4v) is 4.34. The Kier molecular flexibility index (Phi) is 4.09. The predicted octanol–water partition coefficient (Wildman–Crippen LogP) is 3.47. The molecule has 4 heteroatoms. The Labute approximate surface area is 122 Å². The molecule has 0 bridgehead atoms. The molecule has 2 aliphatic rings. The predicted molar refractivity (Wildman–Crippen MR) is 81.0 cm³/mol. The van der Waals surface area contributed by atoms with Crippen LogP contribution in [-0.2, 0) is 6.54 Å². The summed E-state index contributed by atoms with van der Waals surface area (Å²) in [6, 6.07) is 5.85. The van der Waals surface area contributed by atoms with Gasteiger partial charge in [0.25, 0.3) is 0 Å². The first-order valence-electron chi connectivity index (χ1n) is 6.94. The second-order valence-electron chi connectivity index (χ2n) is 5.67. The first-order chi connectivity index (χ1) is 8.72. The molecule has 2 heterocycles. The van der Waals surface area contributed by atoms with Gasteiger partial charge in [0.05, 0.1) is 3.79 Å². The number of rotatable bonds is 3. The Hall–Kier alpha value is 0.1000. The van der Waals surface area contributed by atoms with E-state index in [1.165, 1.54) is 41.0 Å². The van der Waals surface area contributed by atoms with Crippen LogP contribution in [0.3, 0.4) is 0 Å². The van der Waals surface area contributed by atoms with Crippen molar-refractivity contribution in [2.45, 2.75) is 44.8 Å². The van der Waals surface area contributed by atoms with Crippen molar-refractivity contribution in [3.63, 3.8) is 0 Å². The number of hydrogen-bond donors (Lipinski definition) is 1. The van der Waals surface area contributed by atoms with E-state index in [9.17, 15) is 0 Å². The van der Waals surface area contributed by atoms with Crippen molar-refractivity contribution in [2.24, 2.45) is 5.92 Å². The average Bonchev–Trinajstić information content (AvgIpc) is 3.11. The Morgan fingerprint density at radius 2 is 2.22 bits per heavy atom. The largest absolute Gasteiger partial charge is 0.312 e. The highest BCUT2D eigenvalue weighted by Crippen LogP contribution is 2.34. The van der Waals surface area contributed by atoms with Gasteiger partial charge in [-0.25, -0.2) is 0 Å². The van der Waals surface area contributed by atoms with Crippen LogP contribution in [-0.4, -0.2) is 30.1 Å². The zero-order valence-corrected chi connectivity index (χ0v) is 13.3. The van der Waals surface area contributed by atoms with Gasteiger partial charge >= 0.3 is 0 Å². The van der Waals surface area contributed by atoms with Crippen LogP contribution >= 0.6 is 27.3 Å². The molecular formula is C14H21BrN2S. The number of nitrogens with one attached hydrogen (secondary N) is 1. The van der Waals surface area contributed by atoms with Crippen LogP contribution in [0.15, 0.2) is 15.9 Å². The molecular weight excluding hydrogens is 308 g/mol. The summed E-state index contributed by atoms with van der Waals surface area (Å²) in [6.45, 7) is 5.90. The third kappa shape index (κ3) is 3.16. The van der Waals surface area contributed by atoms with Crippen molar-refractivity contribution < 1.29 is 0 Å². The second-order valence-corrected chi connectivity index (χ2v) is 8.22. The molecule has 2 nitrogen and oxygen atoms in total. The third-order valence-corrected chi connectivity index (χ3v) is 5.81. The van der Waals surface area contributed by atoms with Crippen molar-refractivity contribution in [2.75, 3.05) is 13.1 Å². The lowest BCUT2D eigenvalue weighted by Gasteiger charge is -2.28. The average molecular weight is 329 g/mol. The Bertz CT molecular complexity index is 402. The van der Waals surface area contributed by atoms with Gasteiger partial charge in [-0.05, 0) is 66.7 Å². The Morgan fingerprint density at radius 3 is 2.89 bits per heavy atom. The highest BCUT2D eigenvalue weighted by molar-refractivity contribution is 9.11. The standard InChI is InChI=1S/C14H21BrN2S/c1-10-6-7-16-13(11-2-3-11)9-17(10)8-12-4-5-14(15)18-12/h4-5,10-11,13,16H,2-3,6-9H2,1H3.